The summed E-state index contributed by atoms with van der Waals surface area (Å²) in [6, 6.07) is 26.4. The number of rotatable bonds is 6. The SMILES string of the molecule is CCC(Cl)c1ccc(-c2nn(-c3ccccc3)cc2Sc2ccc(Cl)cc2)cc1. The first-order chi connectivity index (χ1) is 14.1. The zero-order chi connectivity index (χ0) is 20.2. The summed E-state index contributed by atoms with van der Waals surface area (Å²) >= 11 is 14.1. The Kier molecular flexibility index (Phi) is 6.29. The molecule has 0 fully saturated rings. The van der Waals surface area contributed by atoms with Crippen LogP contribution in [0.3, 0.4) is 0 Å². The molecule has 1 heterocycles. The van der Waals surface area contributed by atoms with Gasteiger partial charge in [0.25, 0.3) is 0 Å². The lowest BCUT2D eigenvalue weighted by Crippen LogP contribution is -1.94. The van der Waals surface area contributed by atoms with E-state index in [1.807, 2.05) is 47.1 Å². The smallest absolute Gasteiger partial charge is 0.107 e. The molecule has 0 amide bonds. The zero-order valence-corrected chi connectivity index (χ0v) is 18.3. The van der Waals surface area contributed by atoms with E-state index in [0.717, 1.165) is 43.7 Å². The van der Waals surface area contributed by atoms with Crippen molar-refractivity contribution in [3.05, 3.63) is 95.6 Å². The molecule has 0 bridgehead atoms. The van der Waals surface area contributed by atoms with Crippen molar-refractivity contribution < 1.29 is 0 Å². The molecular formula is C24H20Cl2N2S. The van der Waals surface area contributed by atoms with Crippen molar-refractivity contribution in [2.75, 3.05) is 0 Å². The van der Waals surface area contributed by atoms with Crippen LogP contribution < -0.4 is 0 Å². The molecule has 0 N–H and O–H groups in total. The summed E-state index contributed by atoms with van der Waals surface area (Å²) in [6.07, 6.45) is 2.98. The van der Waals surface area contributed by atoms with Gasteiger partial charge < -0.3 is 0 Å². The van der Waals surface area contributed by atoms with Gasteiger partial charge in [0.1, 0.15) is 5.69 Å². The number of alkyl halides is 1. The van der Waals surface area contributed by atoms with Crippen molar-refractivity contribution in [2.24, 2.45) is 0 Å². The van der Waals surface area contributed by atoms with Gasteiger partial charge in [-0.3, -0.25) is 0 Å². The third-order valence-electron chi connectivity index (χ3n) is 4.65. The summed E-state index contributed by atoms with van der Waals surface area (Å²) < 4.78 is 1.93. The Bertz CT molecular complexity index is 1070. The average molecular weight is 439 g/mol. The van der Waals surface area contributed by atoms with Crippen LogP contribution in [0.1, 0.15) is 24.3 Å². The number of para-hydroxylation sites is 1. The van der Waals surface area contributed by atoms with Crippen LogP contribution in [0.2, 0.25) is 5.02 Å². The summed E-state index contributed by atoms with van der Waals surface area (Å²) in [4.78, 5) is 2.20. The summed E-state index contributed by atoms with van der Waals surface area (Å²) in [7, 11) is 0. The molecule has 5 heteroatoms. The van der Waals surface area contributed by atoms with Crippen molar-refractivity contribution in [1.29, 1.82) is 0 Å². The lowest BCUT2D eigenvalue weighted by molar-refractivity contribution is 0.880. The Balaban J connectivity index is 1.74. The Labute approximate surface area is 185 Å². The minimum Gasteiger partial charge on any atom is -0.239 e. The highest BCUT2D eigenvalue weighted by molar-refractivity contribution is 7.99. The number of nitrogens with zero attached hydrogens (tertiary/aromatic N) is 2. The summed E-state index contributed by atoms with van der Waals surface area (Å²) in [6.45, 7) is 2.09. The second-order valence-electron chi connectivity index (χ2n) is 6.68. The fourth-order valence-corrected chi connectivity index (χ4v) is 4.27. The molecule has 1 unspecified atom stereocenters. The van der Waals surface area contributed by atoms with Crippen LogP contribution in [0.25, 0.3) is 16.9 Å². The van der Waals surface area contributed by atoms with Crippen LogP contribution in [-0.2, 0) is 0 Å². The predicted molar refractivity (Wildman–Crippen MR) is 123 cm³/mol. The fraction of sp³-hybridized carbons (Fsp3) is 0.125. The Hall–Kier alpha value is -2.20. The maximum absolute atomic E-state index is 6.39. The van der Waals surface area contributed by atoms with Crippen molar-refractivity contribution in [2.45, 2.75) is 28.5 Å². The molecule has 4 rings (SSSR count). The molecule has 0 aliphatic carbocycles. The molecule has 0 aliphatic heterocycles. The van der Waals surface area contributed by atoms with E-state index in [1.54, 1.807) is 11.8 Å². The van der Waals surface area contributed by atoms with Crippen molar-refractivity contribution in [1.82, 2.24) is 9.78 Å². The van der Waals surface area contributed by atoms with Gasteiger partial charge in [-0.25, -0.2) is 4.68 Å². The molecule has 0 saturated heterocycles. The van der Waals surface area contributed by atoms with Crippen LogP contribution >= 0.6 is 35.0 Å². The quantitative estimate of drug-likeness (QED) is 0.283. The Morgan fingerprint density at radius 1 is 0.931 bits per heavy atom. The summed E-state index contributed by atoms with van der Waals surface area (Å²) in [5, 5.41) is 5.66. The third kappa shape index (κ3) is 4.69. The third-order valence-corrected chi connectivity index (χ3v) is 6.49. The monoisotopic (exact) mass is 438 g/mol. The minimum absolute atomic E-state index is 0.0360. The highest BCUT2D eigenvalue weighted by atomic mass is 35.5. The second-order valence-corrected chi connectivity index (χ2v) is 8.75. The highest BCUT2D eigenvalue weighted by Gasteiger charge is 2.15. The lowest BCUT2D eigenvalue weighted by Gasteiger charge is -2.08. The van der Waals surface area contributed by atoms with E-state index in [2.05, 4.69) is 49.5 Å². The van der Waals surface area contributed by atoms with Crippen LogP contribution in [0, 0.1) is 0 Å². The molecule has 0 radical (unpaired) electrons. The summed E-state index contributed by atoms with van der Waals surface area (Å²) in [5.41, 5.74) is 4.18. The van der Waals surface area contributed by atoms with Crippen molar-refractivity contribution in [3.63, 3.8) is 0 Å². The van der Waals surface area contributed by atoms with Crippen LogP contribution in [0.15, 0.2) is 94.9 Å². The van der Waals surface area contributed by atoms with E-state index in [9.17, 15) is 0 Å². The van der Waals surface area contributed by atoms with E-state index >= 15 is 0 Å². The zero-order valence-electron chi connectivity index (χ0n) is 15.9. The standard InChI is InChI=1S/C24H20Cl2N2S/c1-2-22(26)17-8-10-18(11-9-17)24-23(29-21-14-12-19(25)13-15-21)16-28(27-24)20-6-4-3-5-7-20/h3-16,22H,2H2,1H3. The number of hydrogen-bond donors (Lipinski definition) is 0. The molecule has 146 valence electrons. The van der Waals surface area contributed by atoms with Gasteiger partial charge in [-0.15, -0.1) is 11.6 Å². The molecule has 0 spiro atoms. The first-order valence-corrected chi connectivity index (χ1v) is 11.1. The maximum Gasteiger partial charge on any atom is 0.107 e. The van der Waals surface area contributed by atoms with Gasteiger partial charge in [-0.2, -0.15) is 5.10 Å². The minimum atomic E-state index is 0.0360. The van der Waals surface area contributed by atoms with E-state index in [1.165, 1.54) is 0 Å². The molecule has 0 saturated carbocycles. The molecule has 2 nitrogen and oxygen atoms in total. The van der Waals surface area contributed by atoms with Gasteiger partial charge in [0.2, 0.25) is 0 Å². The Morgan fingerprint density at radius 3 is 2.28 bits per heavy atom. The number of hydrogen-bond acceptors (Lipinski definition) is 2. The molecule has 1 atom stereocenters. The molecule has 0 aliphatic rings. The van der Waals surface area contributed by atoms with Crippen molar-refractivity contribution in [3.8, 4) is 16.9 Å². The fourth-order valence-electron chi connectivity index (χ4n) is 3.06. The van der Waals surface area contributed by atoms with Gasteiger partial charge in [-0.05, 0) is 48.4 Å². The number of halogens is 2. The highest BCUT2D eigenvalue weighted by Crippen LogP contribution is 2.37. The van der Waals surface area contributed by atoms with Gasteiger partial charge >= 0.3 is 0 Å². The first-order valence-electron chi connectivity index (χ1n) is 9.47. The van der Waals surface area contributed by atoms with Crippen LogP contribution in [0.4, 0.5) is 0 Å². The van der Waals surface area contributed by atoms with Gasteiger partial charge in [0.05, 0.1) is 16.0 Å². The number of benzene rings is 3. The summed E-state index contributed by atoms with van der Waals surface area (Å²) in [5.74, 6) is 0. The predicted octanol–water partition coefficient (Wildman–Crippen LogP) is 8.03. The molecule has 1 aromatic heterocycles. The van der Waals surface area contributed by atoms with Gasteiger partial charge in [0, 0.05) is 21.7 Å². The molecule has 4 aromatic rings. The number of aromatic nitrogens is 2. The van der Waals surface area contributed by atoms with Gasteiger partial charge in [0.15, 0.2) is 0 Å². The lowest BCUT2D eigenvalue weighted by atomic mass is 10.1. The Morgan fingerprint density at radius 2 is 1.62 bits per heavy atom. The average Bonchev–Trinajstić information content (AvgIpc) is 3.19. The van der Waals surface area contributed by atoms with Crippen molar-refractivity contribution >= 4 is 35.0 Å². The second kappa shape index (κ2) is 9.08. The van der Waals surface area contributed by atoms with E-state index in [-0.39, 0.29) is 5.38 Å². The topological polar surface area (TPSA) is 17.8 Å². The van der Waals surface area contributed by atoms with E-state index in [0.29, 0.717) is 0 Å². The van der Waals surface area contributed by atoms with Crippen LogP contribution in [0.5, 0.6) is 0 Å². The van der Waals surface area contributed by atoms with Gasteiger partial charge in [-0.1, -0.05) is 72.8 Å². The largest absolute Gasteiger partial charge is 0.239 e. The van der Waals surface area contributed by atoms with Crippen LogP contribution in [-0.4, -0.2) is 9.78 Å². The normalized spacial score (nSPS) is 12.1. The van der Waals surface area contributed by atoms with E-state index in [4.69, 9.17) is 28.3 Å². The van der Waals surface area contributed by atoms with E-state index < -0.39 is 0 Å². The maximum atomic E-state index is 6.39. The molecule has 29 heavy (non-hydrogen) atoms. The first kappa shape index (κ1) is 20.1. The molecule has 3 aromatic carbocycles. The molecular weight excluding hydrogens is 419 g/mol.